The number of allylic oxidation sites excluding steroid dienone is 1. The van der Waals surface area contributed by atoms with Crippen molar-refractivity contribution in [2.75, 3.05) is 11.9 Å². The average Bonchev–Trinajstić information content (AvgIpc) is 3.30. The second kappa shape index (κ2) is 11.1. The highest BCUT2D eigenvalue weighted by Crippen LogP contribution is 2.31. The van der Waals surface area contributed by atoms with Crippen LogP contribution in [0.1, 0.15) is 24.1 Å². The zero-order valence-electron chi connectivity index (χ0n) is 22.2. The molecule has 200 valence electrons. The third kappa shape index (κ3) is 4.97. The number of rotatable bonds is 6. The van der Waals surface area contributed by atoms with Crippen LogP contribution < -0.4 is 24.9 Å². The summed E-state index contributed by atoms with van der Waals surface area (Å²) in [6.07, 6.45) is 7.30. The molecule has 1 atom stereocenters. The molecule has 0 saturated heterocycles. The SMILES string of the molecule is C#CCOc1ccc2ccccc2c1/C=c1\sc2n(c1=O)[C@@H](c1ccccc1)C(C(=O)Nc1ccccc1)=C(C)N=2. The van der Waals surface area contributed by atoms with Gasteiger partial charge in [0.25, 0.3) is 11.5 Å². The van der Waals surface area contributed by atoms with Gasteiger partial charge < -0.3 is 10.1 Å². The van der Waals surface area contributed by atoms with E-state index in [1.165, 1.54) is 11.3 Å². The van der Waals surface area contributed by atoms with Gasteiger partial charge in [-0.3, -0.25) is 14.2 Å². The van der Waals surface area contributed by atoms with Crippen LogP contribution in [-0.4, -0.2) is 17.1 Å². The van der Waals surface area contributed by atoms with E-state index in [0.717, 1.165) is 21.9 Å². The van der Waals surface area contributed by atoms with E-state index < -0.39 is 6.04 Å². The first-order valence-corrected chi connectivity index (χ1v) is 13.9. The van der Waals surface area contributed by atoms with Crippen molar-refractivity contribution in [3.05, 3.63) is 139 Å². The summed E-state index contributed by atoms with van der Waals surface area (Å²) in [6.45, 7) is 1.91. The van der Waals surface area contributed by atoms with E-state index in [1.54, 1.807) is 4.57 Å². The molecule has 2 heterocycles. The van der Waals surface area contributed by atoms with Crippen molar-refractivity contribution in [3.63, 3.8) is 0 Å². The number of amides is 1. The lowest BCUT2D eigenvalue weighted by molar-refractivity contribution is -0.113. The lowest BCUT2D eigenvalue weighted by Gasteiger charge is -2.25. The average molecular weight is 556 g/mol. The van der Waals surface area contributed by atoms with Crippen LogP contribution in [0.3, 0.4) is 0 Å². The molecule has 1 N–H and O–H groups in total. The Morgan fingerprint density at radius 3 is 2.49 bits per heavy atom. The zero-order valence-corrected chi connectivity index (χ0v) is 23.0. The predicted molar refractivity (Wildman–Crippen MR) is 164 cm³/mol. The summed E-state index contributed by atoms with van der Waals surface area (Å²) in [5.74, 6) is 2.79. The normalized spacial score (nSPS) is 14.7. The minimum atomic E-state index is -0.650. The third-order valence-corrected chi connectivity index (χ3v) is 7.91. The van der Waals surface area contributed by atoms with Crippen molar-refractivity contribution >= 4 is 39.8 Å². The molecule has 7 heteroatoms. The van der Waals surface area contributed by atoms with Crippen molar-refractivity contribution in [1.82, 2.24) is 4.57 Å². The first-order chi connectivity index (χ1) is 20.0. The van der Waals surface area contributed by atoms with Crippen LogP contribution >= 0.6 is 11.3 Å². The van der Waals surface area contributed by atoms with Gasteiger partial charge in [0.05, 0.1) is 21.8 Å². The molecule has 6 rings (SSSR count). The number of carbonyl (C=O) groups excluding carboxylic acids is 1. The maximum absolute atomic E-state index is 14.2. The van der Waals surface area contributed by atoms with Gasteiger partial charge in [-0.25, -0.2) is 4.99 Å². The minimum absolute atomic E-state index is 0.105. The Kier molecular flexibility index (Phi) is 7.07. The fourth-order valence-electron chi connectivity index (χ4n) is 5.08. The van der Waals surface area contributed by atoms with E-state index in [0.29, 0.717) is 32.0 Å². The maximum Gasteiger partial charge on any atom is 0.271 e. The second-order valence-electron chi connectivity index (χ2n) is 9.50. The van der Waals surface area contributed by atoms with Crippen molar-refractivity contribution in [1.29, 1.82) is 0 Å². The first-order valence-electron chi connectivity index (χ1n) is 13.1. The topological polar surface area (TPSA) is 72.7 Å². The molecule has 0 saturated carbocycles. The van der Waals surface area contributed by atoms with Gasteiger partial charge in [-0.1, -0.05) is 96.1 Å². The van der Waals surface area contributed by atoms with Gasteiger partial charge in [0.1, 0.15) is 12.4 Å². The summed E-state index contributed by atoms with van der Waals surface area (Å²) in [4.78, 5) is 33.1. The molecular weight excluding hydrogens is 530 g/mol. The zero-order chi connectivity index (χ0) is 28.3. The molecule has 1 aromatic heterocycles. The molecule has 0 fully saturated rings. The fraction of sp³-hybridized carbons (Fsp3) is 0.0882. The molecule has 5 aromatic rings. The predicted octanol–water partition coefficient (Wildman–Crippen LogP) is 5.04. The number of ether oxygens (including phenoxy) is 1. The van der Waals surface area contributed by atoms with Crippen LogP contribution in [0.4, 0.5) is 5.69 Å². The van der Waals surface area contributed by atoms with Gasteiger partial charge in [0.2, 0.25) is 0 Å². The molecule has 0 spiro atoms. The number of hydrogen-bond donors (Lipinski definition) is 1. The van der Waals surface area contributed by atoms with Crippen LogP contribution in [0.2, 0.25) is 0 Å². The molecule has 0 bridgehead atoms. The quantitative estimate of drug-likeness (QED) is 0.299. The Labute approximate surface area is 240 Å². The highest BCUT2D eigenvalue weighted by Gasteiger charge is 2.32. The number of benzene rings is 4. The highest BCUT2D eigenvalue weighted by atomic mass is 32.1. The Balaban J connectivity index is 1.54. The lowest BCUT2D eigenvalue weighted by atomic mass is 9.95. The minimum Gasteiger partial charge on any atom is -0.480 e. The Morgan fingerprint density at radius 2 is 1.73 bits per heavy atom. The number of carbonyl (C=O) groups is 1. The molecule has 4 aromatic carbocycles. The van der Waals surface area contributed by atoms with Crippen LogP contribution in [0.5, 0.6) is 5.75 Å². The number of anilines is 1. The Hall–Kier alpha value is -5.19. The van der Waals surface area contributed by atoms with Gasteiger partial charge in [0.15, 0.2) is 4.80 Å². The van der Waals surface area contributed by atoms with E-state index >= 15 is 0 Å². The largest absolute Gasteiger partial charge is 0.480 e. The molecular formula is C34H25N3O3S. The summed E-state index contributed by atoms with van der Waals surface area (Å²) in [5.41, 5.74) is 2.98. The van der Waals surface area contributed by atoms with E-state index in [4.69, 9.17) is 16.2 Å². The number of terminal acetylenes is 1. The molecule has 1 aliphatic heterocycles. The summed E-state index contributed by atoms with van der Waals surface area (Å²) in [7, 11) is 0. The number of nitrogens with one attached hydrogen (secondary N) is 1. The molecule has 0 aliphatic carbocycles. The summed E-state index contributed by atoms with van der Waals surface area (Å²) < 4.78 is 7.96. The third-order valence-electron chi connectivity index (χ3n) is 6.93. The molecule has 1 amide bonds. The number of aromatic nitrogens is 1. The maximum atomic E-state index is 14.2. The summed E-state index contributed by atoms with van der Waals surface area (Å²) in [6, 6.07) is 29.9. The summed E-state index contributed by atoms with van der Waals surface area (Å²) >= 11 is 1.28. The molecule has 41 heavy (non-hydrogen) atoms. The van der Waals surface area contributed by atoms with Crippen molar-refractivity contribution in [2.24, 2.45) is 4.99 Å². The van der Waals surface area contributed by atoms with E-state index in [1.807, 2.05) is 110 Å². The van der Waals surface area contributed by atoms with Crippen molar-refractivity contribution in [3.8, 4) is 18.1 Å². The first kappa shape index (κ1) is 26.1. The van der Waals surface area contributed by atoms with E-state index in [9.17, 15) is 9.59 Å². The number of thiazole rings is 1. The molecule has 6 nitrogen and oxygen atoms in total. The van der Waals surface area contributed by atoms with Crippen molar-refractivity contribution < 1.29 is 9.53 Å². The van der Waals surface area contributed by atoms with E-state index in [2.05, 4.69) is 11.2 Å². The van der Waals surface area contributed by atoms with Crippen molar-refractivity contribution in [2.45, 2.75) is 13.0 Å². The number of para-hydroxylation sites is 1. The van der Waals surface area contributed by atoms with E-state index in [-0.39, 0.29) is 18.1 Å². The number of hydrogen-bond acceptors (Lipinski definition) is 5. The van der Waals surface area contributed by atoms with Gasteiger partial charge in [-0.2, -0.15) is 0 Å². The van der Waals surface area contributed by atoms with Crippen LogP contribution in [0, 0.1) is 12.3 Å². The van der Waals surface area contributed by atoms with Crippen LogP contribution in [0.25, 0.3) is 16.8 Å². The standard InChI is InChI=1S/C34H25N3O3S/c1-3-20-40-28-19-18-23-12-10-11-17-26(23)27(28)21-29-33(39)37-31(24-13-6-4-7-14-24)30(22(2)35-34(37)41-29)32(38)36-25-15-8-5-9-16-25/h1,4-19,21,31H,20H2,2H3,(H,36,38)/b29-21-/t31-/m0/s1. The van der Waals surface area contributed by atoms with Crippen LogP contribution in [-0.2, 0) is 4.79 Å². The monoisotopic (exact) mass is 555 g/mol. The Morgan fingerprint density at radius 1 is 1.02 bits per heavy atom. The fourth-order valence-corrected chi connectivity index (χ4v) is 6.11. The van der Waals surface area contributed by atoms with Gasteiger partial charge in [-0.15, -0.1) is 6.42 Å². The molecule has 0 radical (unpaired) electrons. The number of nitrogens with zero attached hydrogens (tertiary/aromatic N) is 2. The van der Waals surface area contributed by atoms with Gasteiger partial charge >= 0.3 is 0 Å². The van der Waals surface area contributed by atoms with Gasteiger partial charge in [-0.05, 0) is 47.5 Å². The lowest BCUT2D eigenvalue weighted by Crippen LogP contribution is -2.40. The second-order valence-corrected chi connectivity index (χ2v) is 10.5. The highest BCUT2D eigenvalue weighted by molar-refractivity contribution is 7.07. The summed E-state index contributed by atoms with van der Waals surface area (Å²) in [5, 5.41) is 4.92. The van der Waals surface area contributed by atoms with Gasteiger partial charge in [0, 0.05) is 11.3 Å². The molecule has 1 aliphatic rings. The molecule has 0 unspecified atom stereocenters. The van der Waals surface area contributed by atoms with Crippen LogP contribution in [0.15, 0.2) is 118 Å². The Bertz CT molecular complexity index is 2030. The number of fused-ring (bicyclic) bond motifs is 2. The smallest absolute Gasteiger partial charge is 0.271 e.